The highest BCUT2D eigenvalue weighted by Gasteiger charge is 2.29. The van der Waals surface area contributed by atoms with Crippen LogP contribution in [0.4, 0.5) is 5.69 Å². The molecule has 3 aromatic rings. The number of hydrogen-bond acceptors (Lipinski definition) is 2. The number of fused-ring (bicyclic) bond motifs is 1. The monoisotopic (exact) mass is 327 g/mol. The molecule has 0 radical (unpaired) electrons. The molecule has 0 aliphatic heterocycles. The summed E-state index contributed by atoms with van der Waals surface area (Å²) in [6.07, 6.45) is 2.45. The molecule has 0 bridgehead atoms. The van der Waals surface area contributed by atoms with Crippen LogP contribution in [0, 0.1) is 0 Å². The van der Waals surface area contributed by atoms with E-state index < -0.39 is 0 Å². The summed E-state index contributed by atoms with van der Waals surface area (Å²) in [4.78, 5) is 4.80. The maximum absolute atomic E-state index is 6.18. The van der Waals surface area contributed by atoms with Crippen LogP contribution in [-0.2, 0) is 0 Å². The lowest BCUT2D eigenvalue weighted by atomic mass is 10.1. The van der Waals surface area contributed by atoms with Crippen molar-refractivity contribution in [3.63, 3.8) is 0 Å². The smallest absolute Gasteiger partial charge is 0.143 e. The van der Waals surface area contributed by atoms with Gasteiger partial charge in [-0.3, -0.25) is 0 Å². The molecule has 1 saturated carbocycles. The first-order valence-corrected chi connectivity index (χ1v) is 7.56. The molecular weight excluding hydrogens is 314 g/mol. The van der Waals surface area contributed by atoms with Crippen LogP contribution in [0.5, 0.6) is 0 Å². The Morgan fingerprint density at radius 2 is 1.95 bits per heavy atom. The Balaban J connectivity index is 2.01. The highest BCUT2D eigenvalue weighted by molar-refractivity contribution is 9.10. The summed E-state index contributed by atoms with van der Waals surface area (Å²) in [6.45, 7) is 0. The highest BCUT2D eigenvalue weighted by atomic mass is 79.9. The standard InChI is InChI=1S/C16H14BrN3/c17-10-5-8-12(13(18)9-10)16-19-14-3-1-2-4-15(14)20(16)11-6-7-11/h1-5,8-9,11H,6-7,18H2. The van der Waals surface area contributed by atoms with E-state index in [-0.39, 0.29) is 0 Å². The van der Waals surface area contributed by atoms with Gasteiger partial charge in [0, 0.05) is 21.8 Å². The lowest BCUT2D eigenvalue weighted by Crippen LogP contribution is -2.00. The fourth-order valence-electron chi connectivity index (χ4n) is 2.67. The van der Waals surface area contributed by atoms with Crippen molar-refractivity contribution >= 4 is 32.7 Å². The van der Waals surface area contributed by atoms with E-state index >= 15 is 0 Å². The normalized spacial score (nSPS) is 14.8. The maximum atomic E-state index is 6.18. The van der Waals surface area contributed by atoms with Crippen molar-refractivity contribution in [1.82, 2.24) is 9.55 Å². The van der Waals surface area contributed by atoms with E-state index in [1.165, 1.54) is 18.4 Å². The van der Waals surface area contributed by atoms with Crippen LogP contribution in [0.15, 0.2) is 46.9 Å². The number of nitrogens with zero attached hydrogens (tertiary/aromatic N) is 2. The number of imidazole rings is 1. The molecule has 0 amide bonds. The summed E-state index contributed by atoms with van der Waals surface area (Å²) >= 11 is 3.46. The van der Waals surface area contributed by atoms with Crippen LogP contribution < -0.4 is 5.73 Å². The van der Waals surface area contributed by atoms with Gasteiger partial charge in [0.25, 0.3) is 0 Å². The molecule has 1 heterocycles. The largest absolute Gasteiger partial charge is 0.398 e. The van der Waals surface area contributed by atoms with Gasteiger partial charge in [-0.1, -0.05) is 28.1 Å². The predicted octanol–water partition coefficient (Wildman–Crippen LogP) is 4.38. The average molecular weight is 328 g/mol. The molecule has 2 N–H and O–H groups in total. The number of rotatable bonds is 2. The Kier molecular flexibility index (Phi) is 2.60. The van der Waals surface area contributed by atoms with E-state index in [1.54, 1.807) is 0 Å². The van der Waals surface area contributed by atoms with E-state index in [1.807, 2.05) is 24.3 Å². The zero-order valence-electron chi connectivity index (χ0n) is 10.9. The van der Waals surface area contributed by atoms with Gasteiger partial charge in [-0.15, -0.1) is 0 Å². The molecule has 0 unspecified atom stereocenters. The Hall–Kier alpha value is -1.81. The molecule has 1 fully saturated rings. The summed E-state index contributed by atoms with van der Waals surface area (Å²) in [5, 5.41) is 0. The van der Waals surface area contributed by atoms with E-state index in [0.29, 0.717) is 6.04 Å². The van der Waals surface area contributed by atoms with Crippen LogP contribution in [0.25, 0.3) is 22.4 Å². The fraction of sp³-hybridized carbons (Fsp3) is 0.188. The zero-order chi connectivity index (χ0) is 13.7. The first kappa shape index (κ1) is 12.0. The maximum Gasteiger partial charge on any atom is 0.143 e. The van der Waals surface area contributed by atoms with Crippen molar-refractivity contribution in [2.24, 2.45) is 0 Å². The van der Waals surface area contributed by atoms with Crippen molar-refractivity contribution in [2.45, 2.75) is 18.9 Å². The van der Waals surface area contributed by atoms with E-state index in [9.17, 15) is 0 Å². The Bertz CT molecular complexity index is 803. The fourth-order valence-corrected chi connectivity index (χ4v) is 3.05. The van der Waals surface area contributed by atoms with Crippen LogP contribution >= 0.6 is 15.9 Å². The van der Waals surface area contributed by atoms with E-state index in [2.05, 4.69) is 38.7 Å². The van der Waals surface area contributed by atoms with E-state index in [4.69, 9.17) is 10.7 Å². The Morgan fingerprint density at radius 3 is 2.70 bits per heavy atom. The van der Waals surface area contributed by atoms with Gasteiger partial charge in [-0.05, 0) is 43.2 Å². The van der Waals surface area contributed by atoms with Gasteiger partial charge in [0.05, 0.1) is 11.0 Å². The molecule has 20 heavy (non-hydrogen) atoms. The number of nitrogens with two attached hydrogens (primary N) is 1. The number of benzene rings is 2. The van der Waals surface area contributed by atoms with Gasteiger partial charge in [-0.25, -0.2) is 4.98 Å². The van der Waals surface area contributed by atoms with Gasteiger partial charge < -0.3 is 10.3 Å². The molecule has 4 heteroatoms. The van der Waals surface area contributed by atoms with E-state index in [0.717, 1.165) is 27.1 Å². The van der Waals surface area contributed by atoms with Crippen molar-refractivity contribution in [1.29, 1.82) is 0 Å². The van der Waals surface area contributed by atoms with Gasteiger partial charge in [0.1, 0.15) is 5.82 Å². The topological polar surface area (TPSA) is 43.8 Å². The minimum absolute atomic E-state index is 0.570. The SMILES string of the molecule is Nc1cc(Br)ccc1-c1nc2ccccc2n1C1CC1. The van der Waals surface area contributed by atoms with Crippen molar-refractivity contribution in [3.8, 4) is 11.4 Å². The first-order valence-electron chi connectivity index (χ1n) is 6.76. The summed E-state index contributed by atoms with van der Waals surface area (Å²) in [6, 6.07) is 14.9. The number of halogens is 1. The molecule has 0 spiro atoms. The predicted molar refractivity (Wildman–Crippen MR) is 85.6 cm³/mol. The highest BCUT2D eigenvalue weighted by Crippen LogP contribution is 2.42. The van der Waals surface area contributed by atoms with Crippen molar-refractivity contribution in [3.05, 3.63) is 46.9 Å². The zero-order valence-corrected chi connectivity index (χ0v) is 12.5. The summed E-state index contributed by atoms with van der Waals surface area (Å²) in [7, 11) is 0. The quantitative estimate of drug-likeness (QED) is 0.709. The van der Waals surface area contributed by atoms with Gasteiger partial charge in [0.2, 0.25) is 0 Å². The third-order valence-corrected chi connectivity index (χ3v) is 4.26. The van der Waals surface area contributed by atoms with Crippen LogP contribution in [0.2, 0.25) is 0 Å². The van der Waals surface area contributed by atoms with Gasteiger partial charge in [-0.2, -0.15) is 0 Å². The Labute approximate surface area is 125 Å². The minimum atomic E-state index is 0.570. The first-order chi connectivity index (χ1) is 9.74. The van der Waals surface area contributed by atoms with Gasteiger partial charge in [0.15, 0.2) is 0 Å². The van der Waals surface area contributed by atoms with Crippen LogP contribution in [0.3, 0.4) is 0 Å². The second-order valence-corrected chi connectivity index (χ2v) is 6.17. The number of aromatic nitrogens is 2. The third kappa shape index (κ3) is 1.83. The molecule has 100 valence electrons. The van der Waals surface area contributed by atoms with Crippen LogP contribution in [0.1, 0.15) is 18.9 Å². The molecule has 1 aromatic heterocycles. The second-order valence-electron chi connectivity index (χ2n) is 5.26. The molecule has 3 nitrogen and oxygen atoms in total. The summed E-state index contributed by atoms with van der Waals surface area (Å²) in [5.41, 5.74) is 10.2. The number of hydrogen-bond donors (Lipinski definition) is 1. The molecule has 1 aliphatic carbocycles. The minimum Gasteiger partial charge on any atom is -0.398 e. The lowest BCUT2D eigenvalue weighted by molar-refractivity contribution is 0.775. The Morgan fingerprint density at radius 1 is 1.15 bits per heavy atom. The molecule has 1 aliphatic rings. The van der Waals surface area contributed by atoms with Crippen LogP contribution in [-0.4, -0.2) is 9.55 Å². The van der Waals surface area contributed by atoms with Gasteiger partial charge >= 0.3 is 0 Å². The molecule has 4 rings (SSSR count). The summed E-state index contributed by atoms with van der Waals surface area (Å²) < 4.78 is 3.34. The van der Waals surface area contributed by atoms with Crippen molar-refractivity contribution < 1.29 is 0 Å². The number of anilines is 1. The van der Waals surface area contributed by atoms with Crippen molar-refractivity contribution in [2.75, 3.05) is 5.73 Å². The number of para-hydroxylation sites is 2. The second kappa shape index (κ2) is 4.35. The molecule has 0 atom stereocenters. The lowest BCUT2D eigenvalue weighted by Gasteiger charge is -2.10. The molecule has 2 aromatic carbocycles. The average Bonchev–Trinajstić information content (AvgIpc) is 3.19. The molecular formula is C16H14BrN3. The summed E-state index contributed by atoms with van der Waals surface area (Å²) in [5.74, 6) is 0.985. The third-order valence-electron chi connectivity index (χ3n) is 3.76. The number of nitrogen functional groups attached to an aromatic ring is 1. The molecule has 0 saturated heterocycles.